The van der Waals surface area contributed by atoms with Crippen LogP contribution in [0.4, 0.5) is 9.59 Å². The molecule has 0 radical (unpaired) electrons. The average Bonchev–Trinajstić information content (AvgIpc) is 3.53. The van der Waals surface area contributed by atoms with Crippen LogP contribution in [0.3, 0.4) is 0 Å². The molecule has 2 atom stereocenters. The predicted octanol–water partition coefficient (Wildman–Crippen LogP) is 10.3. The number of carbonyl (C=O) groups is 3. The van der Waals surface area contributed by atoms with Crippen LogP contribution in [0, 0.1) is 6.92 Å². The van der Waals surface area contributed by atoms with Gasteiger partial charge in [0.05, 0.1) is 6.04 Å². The van der Waals surface area contributed by atoms with Gasteiger partial charge in [0.15, 0.2) is 5.78 Å². The molecule has 0 heterocycles. The summed E-state index contributed by atoms with van der Waals surface area (Å²) < 4.78 is 10.9. The SMILES string of the molecule is C=CCOC(=O)NCCCC[C@H](NC(=O)OCC1c2ccccc2-c2ccccc21)C(=O)CCC(c1ccccc1)(c1ccc(C)cc1)c1ccccc1Cl. The molecule has 1 aliphatic rings. The third-order valence-corrected chi connectivity index (χ3v) is 10.8. The van der Waals surface area contributed by atoms with Gasteiger partial charge >= 0.3 is 12.2 Å². The van der Waals surface area contributed by atoms with E-state index < -0.39 is 23.6 Å². The molecular weight excluding hydrogens is 708 g/mol. The Hall–Kier alpha value is -5.66. The maximum atomic E-state index is 14.4. The van der Waals surface area contributed by atoms with Crippen molar-refractivity contribution in [1.29, 1.82) is 0 Å². The first-order valence-electron chi connectivity index (χ1n) is 18.8. The van der Waals surface area contributed by atoms with Crippen LogP contribution in [0.1, 0.15) is 71.4 Å². The van der Waals surface area contributed by atoms with Crippen molar-refractivity contribution in [1.82, 2.24) is 10.6 Å². The Morgan fingerprint density at radius 1 is 0.764 bits per heavy atom. The van der Waals surface area contributed by atoms with E-state index in [9.17, 15) is 14.4 Å². The molecule has 0 aliphatic heterocycles. The van der Waals surface area contributed by atoms with Gasteiger partial charge in [-0.2, -0.15) is 0 Å². The van der Waals surface area contributed by atoms with Crippen LogP contribution in [0.25, 0.3) is 11.1 Å². The fourth-order valence-corrected chi connectivity index (χ4v) is 8.00. The Labute approximate surface area is 328 Å². The molecule has 0 saturated carbocycles. The topological polar surface area (TPSA) is 93.7 Å². The molecule has 5 aromatic rings. The number of alkyl carbamates (subject to hydrolysis) is 2. The van der Waals surface area contributed by atoms with Crippen molar-refractivity contribution in [3.05, 3.63) is 178 Å². The monoisotopic (exact) mass is 754 g/mol. The van der Waals surface area contributed by atoms with E-state index in [1.165, 1.54) is 6.08 Å². The Bertz CT molecular complexity index is 2060. The van der Waals surface area contributed by atoms with Crippen molar-refractivity contribution in [3.8, 4) is 11.1 Å². The largest absolute Gasteiger partial charge is 0.449 e. The number of Topliss-reactive ketones (excluding diaryl/α,β-unsaturated/α-hetero) is 1. The van der Waals surface area contributed by atoms with Gasteiger partial charge in [0.2, 0.25) is 0 Å². The van der Waals surface area contributed by atoms with Gasteiger partial charge in [-0.25, -0.2) is 9.59 Å². The van der Waals surface area contributed by atoms with Crippen molar-refractivity contribution in [2.75, 3.05) is 19.8 Å². The highest BCUT2D eigenvalue weighted by Gasteiger charge is 2.39. The second kappa shape index (κ2) is 18.6. The van der Waals surface area contributed by atoms with Crippen molar-refractivity contribution in [2.24, 2.45) is 0 Å². The number of halogens is 1. The summed E-state index contributed by atoms with van der Waals surface area (Å²) in [4.78, 5) is 40.0. The molecule has 5 aromatic carbocycles. The third-order valence-electron chi connectivity index (χ3n) is 10.4. The van der Waals surface area contributed by atoms with Crippen LogP contribution in [-0.2, 0) is 19.7 Å². The fourth-order valence-electron chi connectivity index (χ4n) is 7.70. The van der Waals surface area contributed by atoms with Crippen molar-refractivity contribution < 1.29 is 23.9 Å². The summed E-state index contributed by atoms with van der Waals surface area (Å²) in [6.07, 6.45) is 2.38. The smallest absolute Gasteiger partial charge is 0.407 e. The molecule has 0 bridgehead atoms. The first-order chi connectivity index (χ1) is 26.8. The summed E-state index contributed by atoms with van der Waals surface area (Å²) in [5, 5.41) is 6.25. The van der Waals surface area contributed by atoms with Gasteiger partial charge < -0.3 is 20.1 Å². The molecule has 1 aliphatic carbocycles. The highest BCUT2D eigenvalue weighted by atomic mass is 35.5. The zero-order chi connectivity index (χ0) is 38.6. The molecule has 2 N–H and O–H groups in total. The molecule has 55 heavy (non-hydrogen) atoms. The third kappa shape index (κ3) is 9.18. The van der Waals surface area contributed by atoms with Gasteiger partial charge in [-0.1, -0.05) is 151 Å². The minimum absolute atomic E-state index is 0.115. The minimum atomic E-state index is -0.818. The van der Waals surface area contributed by atoms with Gasteiger partial charge in [0.25, 0.3) is 0 Å². The number of rotatable bonds is 17. The number of nitrogens with one attached hydrogen (secondary N) is 2. The van der Waals surface area contributed by atoms with Crippen LogP contribution in [-0.4, -0.2) is 43.8 Å². The highest BCUT2D eigenvalue weighted by Crippen LogP contribution is 2.46. The van der Waals surface area contributed by atoms with Crippen LogP contribution in [0.15, 0.2) is 140 Å². The van der Waals surface area contributed by atoms with Crippen LogP contribution < -0.4 is 10.6 Å². The van der Waals surface area contributed by atoms with Gasteiger partial charge in [0.1, 0.15) is 13.2 Å². The molecule has 6 rings (SSSR count). The summed E-state index contributed by atoms with van der Waals surface area (Å²) >= 11 is 6.98. The molecule has 0 spiro atoms. The summed E-state index contributed by atoms with van der Waals surface area (Å²) in [5.74, 6) is -0.234. The zero-order valence-corrected chi connectivity index (χ0v) is 31.9. The number of aryl methyl sites for hydroxylation is 1. The highest BCUT2D eigenvalue weighted by molar-refractivity contribution is 6.31. The summed E-state index contributed by atoms with van der Waals surface area (Å²) in [6.45, 7) is 6.22. The first kappa shape index (κ1) is 39.0. The van der Waals surface area contributed by atoms with Gasteiger partial charge in [0, 0.05) is 29.3 Å². The lowest BCUT2D eigenvalue weighted by molar-refractivity contribution is -0.121. The van der Waals surface area contributed by atoms with Crippen molar-refractivity contribution >= 4 is 29.6 Å². The van der Waals surface area contributed by atoms with E-state index in [1.54, 1.807) is 0 Å². The average molecular weight is 755 g/mol. The maximum absolute atomic E-state index is 14.4. The maximum Gasteiger partial charge on any atom is 0.407 e. The number of hydrogen-bond acceptors (Lipinski definition) is 5. The standard InChI is InChI=1S/C47H47ClN2O5/c1-3-31-54-45(52)49-30-14-13-23-43(50-46(53)55-32-40-38-19-9-7-17-36(38)37-18-8-10-20-39(37)40)44(51)28-29-47(34-15-5-4-6-16-34,35-26-24-33(2)25-27-35)41-21-11-12-22-42(41)48/h3-12,15-22,24-27,40,43H,1,13-14,23,28-32H2,2H3,(H,49,52)(H,50,53)/t43-,47?/m0/s1. The number of amides is 2. The summed E-state index contributed by atoms with van der Waals surface area (Å²) in [7, 11) is 0. The molecule has 7 nitrogen and oxygen atoms in total. The van der Waals surface area contributed by atoms with Gasteiger partial charge in [-0.15, -0.1) is 0 Å². The number of ether oxygens (including phenoxy) is 2. The zero-order valence-electron chi connectivity index (χ0n) is 31.1. The lowest BCUT2D eigenvalue weighted by atomic mass is 9.66. The fraction of sp³-hybridized carbons (Fsp3) is 0.255. The molecule has 1 unspecified atom stereocenters. The van der Waals surface area contributed by atoms with Gasteiger partial charge in [-0.05, 0) is 77.6 Å². The normalized spacial score (nSPS) is 13.4. The number of hydrogen-bond donors (Lipinski definition) is 2. The Kier molecular flexibility index (Phi) is 13.2. The number of ketones is 1. The lowest BCUT2D eigenvalue weighted by Gasteiger charge is -2.37. The summed E-state index contributed by atoms with van der Waals surface area (Å²) in [6, 6.07) is 41.8. The Morgan fingerprint density at radius 3 is 2.05 bits per heavy atom. The first-order valence-corrected chi connectivity index (χ1v) is 19.2. The van der Waals surface area contributed by atoms with Crippen LogP contribution in [0.5, 0.6) is 0 Å². The number of unbranched alkanes of at least 4 members (excludes halogenated alkanes) is 1. The van der Waals surface area contributed by atoms with Crippen LogP contribution in [0.2, 0.25) is 5.02 Å². The quantitative estimate of drug-likeness (QED) is 0.0560. The Morgan fingerprint density at radius 2 is 1.38 bits per heavy atom. The number of fused-ring (bicyclic) bond motifs is 3. The van der Waals surface area contributed by atoms with E-state index in [0.29, 0.717) is 37.3 Å². The molecule has 2 amide bonds. The number of carbonyl (C=O) groups excluding carboxylic acids is 3. The second-order valence-corrected chi connectivity index (χ2v) is 14.3. The van der Waals surface area contributed by atoms with Crippen molar-refractivity contribution in [2.45, 2.75) is 56.4 Å². The molecule has 0 aromatic heterocycles. The van der Waals surface area contributed by atoms with E-state index in [4.69, 9.17) is 21.1 Å². The van der Waals surface area contributed by atoms with E-state index >= 15 is 0 Å². The molecule has 0 fully saturated rings. The van der Waals surface area contributed by atoms with Crippen molar-refractivity contribution in [3.63, 3.8) is 0 Å². The molecule has 8 heteroatoms. The predicted molar refractivity (Wildman–Crippen MR) is 219 cm³/mol. The van der Waals surface area contributed by atoms with Crippen LogP contribution >= 0.6 is 11.6 Å². The minimum Gasteiger partial charge on any atom is -0.449 e. The second-order valence-electron chi connectivity index (χ2n) is 13.9. The molecule has 0 saturated heterocycles. The van der Waals surface area contributed by atoms with E-state index in [1.807, 2.05) is 73.7 Å². The lowest BCUT2D eigenvalue weighted by Crippen LogP contribution is -2.42. The molecule has 282 valence electrons. The van der Waals surface area contributed by atoms with Gasteiger partial charge in [-0.3, -0.25) is 4.79 Å². The van der Waals surface area contributed by atoms with E-state index in [2.05, 4.69) is 77.9 Å². The summed E-state index contributed by atoms with van der Waals surface area (Å²) in [5.41, 5.74) is 7.77. The van der Waals surface area contributed by atoms with E-state index in [0.717, 1.165) is 44.5 Å². The number of benzene rings is 5. The van der Waals surface area contributed by atoms with E-state index in [-0.39, 0.29) is 31.3 Å². The molecular formula is C47H47ClN2O5. The Balaban J connectivity index is 1.22.